The fourth-order valence-electron chi connectivity index (χ4n) is 1.88. The molecule has 0 saturated heterocycles. The van der Waals surface area contributed by atoms with Crippen LogP contribution < -0.4 is 5.32 Å². The smallest absolute Gasteiger partial charge is 0.143 e. The quantitative estimate of drug-likeness (QED) is 0.889. The van der Waals surface area contributed by atoms with Crippen molar-refractivity contribution >= 4 is 0 Å². The van der Waals surface area contributed by atoms with Gasteiger partial charge in [0.15, 0.2) is 0 Å². The summed E-state index contributed by atoms with van der Waals surface area (Å²) in [7, 11) is 0. The molecule has 1 aliphatic carbocycles. The Morgan fingerprint density at radius 2 is 2.11 bits per heavy atom. The van der Waals surface area contributed by atoms with Gasteiger partial charge in [-0.25, -0.2) is 9.97 Å². The summed E-state index contributed by atoms with van der Waals surface area (Å²) in [5.41, 5.74) is 2.78. The second kappa shape index (κ2) is 4.82. The first-order valence-corrected chi connectivity index (χ1v) is 6.30. The van der Waals surface area contributed by atoms with E-state index in [-0.39, 0.29) is 0 Å². The molecule has 92 valence electrons. The summed E-state index contributed by atoms with van der Waals surface area (Å²) in [6.45, 7) is 2.74. The van der Waals surface area contributed by atoms with Crippen LogP contribution in [0.4, 0.5) is 0 Å². The molecule has 1 saturated carbocycles. The van der Waals surface area contributed by atoms with Crippen molar-refractivity contribution in [2.24, 2.45) is 0 Å². The van der Waals surface area contributed by atoms with Gasteiger partial charge in [-0.1, -0.05) is 6.07 Å². The molecule has 0 bridgehead atoms. The fraction of sp³-hybridized carbons (Fsp3) is 0.357. The third-order valence-electron chi connectivity index (χ3n) is 2.95. The highest BCUT2D eigenvalue weighted by molar-refractivity contribution is 5.53. The monoisotopic (exact) mass is 240 g/mol. The van der Waals surface area contributed by atoms with Gasteiger partial charge in [0.2, 0.25) is 0 Å². The summed E-state index contributed by atoms with van der Waals surface area (Å²) >= 11 is 0. The molecular formula is C14H16N4. The van der Waals surface area contributed by atoms with Crippen LogP contribution in [-0.4, -0.2) is 21.0 Å². The zero-order valence-corrected chi connectivity index (χ0v) is 10.4. The molecule has 1 fully saturated rings. The molecule has 18 heavy (non-hydrogen) atoms. The van der Waals surface area contributed by atoms with Gasteiger partial charge in [0.1, 0.15) is 5.82 Å². The first kappa shape index (κ1) is 11.3. The van der Waals surface area contributed by atoms with E-state index in [1.54, 1.807) is 6.20 Å². The summed E-state index contributed by atoms with van der Waals surface area (Å²) in [6.07, 6.45) is 4.34. The van der Waals surface area contributed by atoms with E-state index in [0.29, 0.717) is 6.04 Å². The molecule has 0 aliphatic heterocycles. The molecule has 0 unspecified atom stereocenters. The predicted molar refractivity (Wildman–Crippen MR) is 69.9 cm³/mol. The Hall–Kier alpha value is -1.81. The second-order valence-electron chi connectivity index (χ2n) is 4.68. The normalized spacial score (nSPS) is 14.7. The predicted octanol–water partition coefficient (Wildman–Crippen LogP) is 2.10. The highest BCUT2D eigenvalue weighted by Gasteiger charge is 2.20. The van der Waals surface area contributed by atoms with Gasteiger partial charge in [0.05, 0.1) is 17.9 Å². The minimum Gasteiger partial charge on any atom is -0.307 e. The molecule has 0 spiro atoms. The summed E-state index contributed by atoms with van der Waals surface area (Å²) in [5.74, 6) is 0.850. The molecule has 4 heteroatoms. The highest BCUT2D eigenvalue weighted by Crippen LogP contribution is 2.19. The number of aromatic nitrogens is 3. The average molecular weight is 240 g/mol. The Morgan fingerprint density at radius 1 is 1.22 bits per heavy atom. The van der Waals surface area contributed by atoms with Gasteiger partial charge in [-0.05, 0) is 38.0 Å². The molecule has 2 heterocycles. The van der Waals surface area contributed by atoms with Gasteiger partial charge in [-0.3, -0.25) is 4.98 Å². The van der Waals surface area contributed by atoms with Crippen LogP contribution in [0.5, 0.6) is 0 Å². The Balaban J connectivity index is 1.85. The molecule has 2 aromatic heterocycles. The third-order valence-corrected chi connectivity index (χ3v) is 2.95. The second-order valence-corrected chi connectivity index (χ2v) is 4.68. The van der Waals surface area contributed by atoms with Gasteiger partial charge in [0.25, 0.3) is 0 Å². The number of aryl methyl sites for hydroxylation is 1. The van der Waals surface area contributed by atoms with E-state index in [2.05, 4.69) is 20.3 Å². The SMILES string of the molecule is Cc1cc(-c2ccccn2)nc(CNC2CC2)n1. The number of rotatable bonds is 4. The lowest BCUT2D eigenvalue weighted by Crippen LogP contribution is -2.17. The Kier molecular flexibility index (Phi) is 3.02. The van der Waals surface area contributed by atoms with Crippen LogP contribution in [0, 0.1) is 6.92 Å². The largest absolute Gasteiger partial charge is 0.307 e. The van der Waals surface area contributed by atoms with Crippen molar-refractivity contribution < 1.29 is 0 Å². The van der Waals surface area contributed by atoms with Gasteiger partial charge in [-0.2, -0.15) is 0 Å². The van der Waals surface area contributed by atoms with Crippen LogP contribution >= 0.6 is 0 Å². The molecule has 1 aliphatic rings. The first-order chi connectivity index (χ1) is 8.81. The lowest BCUT2D eigenvalue weighted by Gasteiger charge is -2.06. The molecule has 2 aromatic rings. The van der Waals surface area contributed by atoms with E-state index in [1.165, 1.54) is 12.8 Å². The maximum absolute atomic E-state index is 4.57. The maximum atomic E-state index is 4.57. The number of hydrogen-bond acceptors (Lipinski definition) is 4. The van der Waals surface area contributed by atoms with Crippen molar-refractivity contribution in [3.05, 3.63) is 42.0 Å². The van der Waals surface area contributed by atoms with E-state index in [0.717, 1.165) is 29.5 Å². The van der Waals surface area contributed by atoms with E-state index >= 15 is 0 Å². The average Bonchev–Trinajstić information content (AvgIpc) is 3.21. The van der Waals surface area contributed by atoms with Crippen LogP contribution in [0.3, 0.4) is 0 Å². The number of nitrogens with one attached hydrogen (secondary N) is 1. The fourth-order valence-corrected chi connectivity index (χ4v) is 1.88. The molecule has 0 atom stereocenters. The van der Waals surface area contributed by atoms with Crippen molar-refractivity contribution in [2.45, 2.75) is 32.4 Å². The topological polar surface area (TPSA) is 50.7 Å². The molecule has 0 radical (unpaired) electrons. The van der Waals surface area contributed by atoms with Gasteiger partial charge in [0, 0.05) is 17.9 Å². The van der Waals surface area contributed by atoms with Crippen molar-refractivity contribution in [1.29, 1.82) is 0 Å². The number of pyridine rings is 1. The summed E-state index contributed by atoms with van der Waals surface area (Å²) in [6, 6.07) is 8.50. The number of nitrogens with zero attached hydrogens (tertiary/aromatic N) is 3. The van der Waals surface area contributed by atoms with E-state index < -0.39 is 0 Å². The van der Waals surface area contributed by atoms with Crippen LogP contribution in [-0.2, 0) is 6.54 Å². The molecule has 3 rings (SSSR count). The van der Waals surface area contributed by atoms with Crippen LogP contribution in [0.2, 0.25) is 0 Å². The van der Waals surface area contributed by atoms with E-state index in [9.17, 15) is 0 Å². The molecule has 0 amide bonds. The van der Waals surface area contributed by atoms with Crippen molar-refractivity contribution in [3.63, 3.8) is 0 Å². The zero-order valence-electron chi connectivity index (χ0n) is 10.4. The van der Waals surface area contributed by atoms with E-state index in [1.807, 2.05) is 31.2 Å². The van der Waals surface area contributed by atoms with Crippen molar-refractivity contribution in [2.75, 3.05) is 0 Å². The molecule has 1 N–H and O–H groups in total. The van der Waals surface area contributed by atoms with Crippen LogP contribution in [0.1, 0.15) is 24.4 Å². The molecule has 0 aromatic carbocycles. The minimum absolute atomic E-state index is 0.674. The minimum atomic E-state index is 0.674. The molecule has 4 nitrogen and oxygen atoms in total. The van der Waals surface area contributed by atoms with Gasteiger partial charge in [-0.15, -0.1) is 0 Å². The summed E-state index contributed by atoms with van der Waals surface area (Å²) in [5, 5.41) is 3.43. The number of hydrogen-bond donors (Lipinski definition) is 1. The first-order valence-electron chi connectivity index (χ1n) is 6.30. The highest BCUT2D eigenvalue weighted by atomic mass is 15.0. The zero-order chi connectivity index (χ0) is 12.4. The molecular weight excluding hydrogens is 224 g/mol. The van der Waals surface area contributed by atoms with Crippen molar-refractivity contribution in [3.8, 4) is 11.4 Å². The maximum Gasteiger partial charge on any atom is 0.143 e. The van der Waals surface area contributed by atoms with Gasteiger partial charge < -0.3 is 5.32 Å². The lowest BCUT2D eigenvalue weighted by atomic mass is 10.2. The lowest BCUT2D eigenvalue weighted by molar-refractivity contribution is 0.656. The van der Waals surface area contributed by atoms with Crippen molar-refractivity contribution in [1.82, 2.24) is 20.3 Å². The van der Waals surface area contributed by atoms with E-state index in [4.69, 9.17) is 0 Å². The van der Waals surface area contributed by atoms with Gasteiger partial charge >= 0.3 is 0 Å². The summed E-state index contributed by atoms with van der Waals surface area (Å²) in [4.78, 5) is 13.4. The Labute approximate surface area is 107 Å². The third kappa shape index (κ3) is 2.71. The Morgan fingerprint density at radius 3 is 2.83 bits per heavy atom. The Bertz CT molecular complexity index is 535. The standard InChI is InChI=1S/C14H16N4/c1-10-8-13(12-4-2-3-7-15-12)18-14(17-10)9-16-11-5-6-11/h2-4,7-8,11,16H,5-6,9H2,1H3. The summed E-state index contributed by atoms with van der Waals surface area (Å²) < 4.78 is 0. The van der Waals surface area contributed by atoms with Crippen LogP contribution in [0.15, 0.2) is 30.5 Å². The van der Waals surface area contributed by atoms with Crippen LogP contribution in [0.25, 0.3) is 11.4 Å².